The minimum absolute atomic E-state index is 0.00193. The predicted molar refractivity (Wildman–Crippen MR) is 83.2 cm³/mol. The molecule has 0 fully saturated rings. The molecule has 1 aromatic heterocycles. The van der Waals surface area contributed by atoms with E-state index < -0.39 is 29.0 Å². The number of aromatic nitrogens is 1. The van der Waals surface area contributed by atoms with E-state index in [1.54, 1.807) is 6.92 Å². The van der Waals surface area contributed by atoms with Gasteiger partial charge >= 0.3 is 0 Å². The number of oxazole rings is 1. The third-order valence-corrected chi connectivity index (χ3v) is 3.42. The molecule has 0 aliphatic rings. The molecule has 1 amide bonds. The van der Waals surface area contributed by atoms with Crippen LogP contribution in [0.3, 0.4) is 0 Å². The first-order valence-corrected chi connectivity index (χ1v) is 7.49. The summed E-state index contributed by atoms with van der Waals surface area (Å²) in [6.07, 6.45) is 0.268. The van der Waals surface area contributed by atoms with Crippen LogP contribution in [-0.2, 0) is 16.6 Å². The van der Waals surface area contributed by atoms with Crippen molar-refractivity contribution in [1.29, 1.82) is 0 Å². The first-order chi connectivity index (χ1) is 11.1. The number of carbonyl (C=O) groups is 1. The Hall–Kier alpha value is -2.31. The van der Waals surface area contributed by atoms with E-state index in [2.05, 4.69) is 10.3 Å². The number of rotatable bonds is 4. The maximum atomic E-state index is 13.5. The number of hydrogen-bond acceptors (Lipinski definition) is 3. The van der Waals surface area contributed by atoms with Crippen LogP contribution < -0.4 is 5.32 Å². The summed E-state index contributed by atoms with van der Waals surface area (Å²) in [6, 6.07) is 1.73. The van der Waals surface area contributed by atoms with Gasteiger partial charge in [-0.15, -0.1) is 0 Å². The molecule has 4 nitrogen and oxygen atoms in total. The predicted octanol–water partition coefficient (Wildman–Crippen LogP) is 4.27. The van der Waals surface area contributed by atoms with E-state index in [1.807, 2.05) is 20.8 Å². The summed E-state index contributed by atoms with van der Waals surface area (Å²) in [5, 5.41) is 2.22. The normalized spacial score (nSPS) is 11.6. The Bertz CT molecular complexity index is 764. The summed E-state index contributed by atoms with van der Waals surface area (Å²) < 4.78 is 45.2. The van der Waals surface area contributed by atoms with E-state index in [0.29, 0.717) is 17.3 Å². The second kappa shape index (κ2) is 6.67. The van der Waals surface area contributed by atoms with E-state index in [1.165, 1.54) is 0 Å². The Balaban J connectivity index is 2.02. The molecule has 0 bridgehead atoms. The summed E-state index contributed by atoms with van der Waals surface area (Å²) in [5.74, 6) is -3.74. The van der Waals surface area contributed by atoms with Crippen LogP contribution in [0.1, 0.15) is 44.5 Å². The van der Waals surface area contributed by atoms with E-state index in [4.69, 9.17) is 4.42 Å². The molecule has 0 atom stereocenters. The van der Waals surface area contributed by atoms with Crippen molar-refractivity contribution in [2.75, 3.05) is 5.32 Å². The number of carbonyl (C=O) groups excluding carboxylic acids is 1. The number of halogens is 3. The molecular formula is C17H19F3N2O2. The average Bonchev–Trinajstić information content (AvgIpc) is 2.87. The Morgan fingerprint density at radius 3 is 2.46 bits per heavy atom. The van der Waals surface area contributed by atoms with Gasteiger partial charge in [0.15, 0.2) is 23.3 Å². The minimum Gasteiger partial charge on any atom is -0.445 e. The van der Waals surface area contributed by atoms with Crippen molar-refractivity contribution in [2.24, 2.45) is 0 Å². The SMILES string of the molecule is Cc1nc(C(C)(C)C)oc1CCC(=O)Nc1ccc(F)c(F)c1F. The van der Waals surface area contributed by atoms with Crippen molar-refractivity contribution < 1.29 is 22.4 Å². The number of aryl methyl sites for hydroxylation is 2. The van der Waals surface area contributed by atoms with Gasteiger partial charge in [-0.2, -0.15) is 0 Å². The van der Waals surface area contributed by atoms with Crippen LogP contribution in [0.2, 0.25) is 0 Å². The van der Waals surface area contributed by atoms with Gasteiger partial charge in [0.1, 0.15) is 5.76 Å². The fourth-order valence-corrected chi connectivity index (χ4v) is 2.04. The molecule has 1 N–H and O–H groups in total. The zero-order chi connectivity index (χ0) is 18.1. The smallest absolute Gasteiger partial charge is 0.224 e. The lowest BCUT2D eigenvalue weighted by Crippen LogP contribution is -2.14. The van der Waals surface area contributed by atoms with Crippen molar-refractivity contribution in [3.8, 4) is 0 Å². The molecule has 0 aliphatic heterocycles. The van der Waals surface area contributed by atoms with E-state index in [0.717, 1.165) is 12.1 Å². The molecule has 7 heteroatoms. The molecule has 130 valence electrons. The van der Waals surface area contributed by atoms with Gasteiger partial charge in [0.05, 0.1) is 11.4 Å². The highest BCUT2D eigenvalue weighted by molar-refractivity contribution is 5.90. The molecule has 0 aliphatic carbocycles. The number of hydrogen-bond donors (Lipinski definition) is 1. The van der Waals surface area contributed by atoms with Crippen molar-refractivity contribution in [3.63, 3.8) is 0 Å². The lowest BCUT2D eigenvalue weighted by molar-refractivity contribution is -0.116. The van der Waals surface area contributed by atoms with Gasteiger partial charge in [-0.25, -0.2) is 18.2 Å². The van der Waals surface area contributed by atoms with E-state index in [-0.39, 0.29) is 18.3 Å². The standard InChI is InChI=1S/C17H19F3N2O2/c1-9-12(24-16(21-9)17(2,3)4)7-8-13(23)22-11-6-5-10(18)14(19)15(11)20/h5-6H,7-8H2,1-4H3,(H,22,23). The zero-order valence-corrected chi connectivity index (χ0v) is 14.0. The van der Waals surface area contributed by atoms with Gasteiger partial charge in [0, 0.05) is 18.3 Å². The third-order valence-electron chi connectivity index (χ3n) is 3.42. The van der Waals surface area contributed by atoms with Crippen LogP contribution >= 0.6 is 0 Å². The van der Waals surface area contributed by atoms with Gasteiger partial charge in [-0.3, -0.25) is 4.79 Å². The highest BCUT2D eigenvalue weighted by atomic mass is 19.2. The van der Waals surface area contributed by atoms with Crippen LogP contribution in [-0.4, -0.2) is 10.9 Å². The molecule has 0 radical (unpaired) electrons. The molecular weight excluding hydrogens is 321 g/mol. The van der Waals surface area contributed by atoms with Crippen LogP contribution in [0.4, 0.5) is 18.9 Å². The fourth-order valence-electron chi connectivity index (χ4n) is 2.04. The van der Waals surface area contributed by atoms with Gasteiger partial charge in [0.2, 0.25) is 5.91 Å². The Labute approximate surface area is 138 Å². The van der Waals surface area contributed by atoms with Crippen molar-refractivity contribution >= 4 is 11.6 Å². The van der Waals surface area contributed by atoms with Crippen LogP contribution in [0.5, 0.6) is 0 Å². The van der Waals surface area contributed by atoms with Gasteiger partial charge < -0.3 is 9.73 Å². The van der Waals surface area contributed by atoms with Crippen molar-refractivity contribution in [1.82, 2.24) is 4.98 Å². The first kappa shape index (κ1) is 18.0. The second-order valence-corrected chi connectivity index (χ2v) is 6.55. The lowest BCUT2D eigenvalue weighted by Gasteiger charge is -2.12. The number of nitrogens with zero attached hydrogens (tertiary/aromatic N) is 1. The molecule has 0 saturated heterocycles. The number of nitrogens with one attached hydrogen (secondary N) is 1. The summed E-state index contributed by atoms with van der Waals surface area (Å²) in [5.41, 5.74) is 0.0374. The number of amides is 1. The zero-order valence-electron chi connectivity index (χ0n) is 14.0. The largest absolute Gasteiger partial charge is 0.445 e. The van der Waals surface area contributed by atoms with Gasteiger partial charge in [-0.05, 0) is 19.1 Å². The Morgan fingerprint density at radius 2 is 1.88 bits per heavy atom. The van der Waals surface area contributed by atoms with Crippen LogP contribution in [0, 0.1) is 24.4 Å². The quantitative estimate of drug-likeness (QED) is 0.846. The maximum absolute atomic E-state index is 13.5. The van der Waals surface area contributed by atoms with Crippen LogP contribution in [0.25, 0.3) is 0 Å². The Kier molecular flexibility index (Phi) is 5.01. The summed E-state index contributed by atoms with van der Waals surface area (Å²) >= 11 is 0. The lowest BCUT2D eigenvalue weighted by atomic mass is 9.97. The number of benzene rings is 1. The molecule has 2 aromatic rings. The third kappa shape index (κ3) is 3.96. The van der Waals surface area contributed by atoms with Crippen molar-refractivity contribution in [2.45, 2.75) is 46.0 Å². The monoisotopic (exact) mass is 340 g/mol. The number of anilines is 1. The van der Waals surface area contributed by atoms with Gasteiger partial charge in [0.25, 0.3) is 0 Å². The Morgan fingerprint density at radius 1 is 1.21 bits per heavy atom. The first-order valence-electron chi connectivity index (χ1n) is 7.49. The molecule has 24 heavy (non-hydrogen) atoms. The highest BCUT2D eigenvalue weighted by Gasteiger charge is 2.22. The molecule has 2 rings (SSSR count). The summed E-state index contributed by atoms with van der Waals surface area (Å²) in [7, 11) is 0. The van der Waals surface area contributed by atoms with E-state index in [9.17, 15) is 18.0 Å². The second-order valence-electron chi connectivity index (χ2n) is 6.55. The maximum Gasteiger partial charge on any atom is 0.224 e. The topological polar surface area (TPSA) is 55.1 Å². The molecule has 1 heterocycles. The van der Waals surface area contributed by atoms with Crippen molar-refractivity contribution in [3.05, 3.63) is 46.9 Å². The molecule has 0 unspecified atom stereocenters. The highest BCUT2D eigenvalue weighted by Crippen LogP contribution is 2.25. The van der Waals surface area contributed by atoms with Gasteiger partial charge in [-0.1, -0.05) is 20.8 Å². The fraction of sp³-hybridized carbons (Fsp3) is 0.412. The summed E-state index contributed by atoms with van der Waals surface area (Å²) in [4.78, 5) is 16.2. The summed E-state index contributed by atoms with van der Waals surface area (Å²) in [6.45, 7) is 7.66. The van der Waals surface area contributed by atoms with E-state index >= 15 is 0 Å². The molecule has 0 saturated carbocycles. The molecule has 1 aromatic carbocycles. The molecule has 0 spiro atoms. The minimum atomic E-state index is -1.62. The van der Waals surface area contributed by atoms with Crippen LogP contribution in [0.15, 0.2) is 16.5 Å². The average molecular weight is 340 g/mol.